The quantitative estimate of drug-likeness (QED) is 0.733. The molecule has 5 rings (SSSR count). The van der Waals surface area contributed by atoms with Gasteiger partial charge < -0.3 is 9.97 Å². The van der Waals surface area contributed by atoms with Crippen LogP contribution in [0, 0.1) is 5.41 Å². The number of aromatic amines is 2. The van der Waals surface area contributed by atoms with E-state index in [9.17, 15) is 0 Å². The Labute approximate surface area is 160 Å². The highest BCUT2D eigenvalue weighted by Gasteiger charge is 2.36. The first kappa shape index (κ1) is 16.6. The third-order valence-electron chi connectivity index (χ3n) is 4.94. The number of hydrogen-bond acceptors (Lipinski definition) is 8. The second-order valence-electron chi connectivity index (χ2n) is 7.81. The molecule has 0 saturated heterocycles. The number of amidine groups is 4. The van der Waals surface area contributed by atoms with Crippen molar-refractivity contribution < 1.29 is 0 Å². The van der Waals surface area contributed by atoms with E-state index in [1.54, 1.807) is 24.8 Å². The summed E-state index contributed by atoms with van der Waals surface area (Å²) in [6, 6.07) is 0. The first-order valence-corrected chi connectivity index (χ1v) is 8.87. The van der Waals surface area contributed by atoms with Crippen LogP contribution in [0.4, 0.5) is 11.6 Å². The molecule has 2 aromatic heterocycles. The standard InChI is InChI=1S/C18H18N10/c1-17(2)13-19-5-9(25-13)23-11-7-21-15(27-11)18(3,4)16-22-8-12(28-16)24-10-6-20-14(17)26-10/h5-8H,1-4H3,(H,19,25)(H,20,26)/b23-11-,24-12?. The lowest BCUT2D eigenvalue weighted by molar-refractivity contribution is 0.563. The zero-order valence-corrected chi connectivity index (χ0v) is 15.9. The third kappa shape index (κ3) is 2.48. The van der Waals surface area contributed by atoms with Gasteiger partial charge in [0.25, 0.3) is 0 Å². The summed E-state index contributed by atoms with van der Waals surface area (Å²) in [6.07, 6.45) is 6.62. The maximum atomic E-state index is 4.55. The van der Waals surface area contributed by atoms with Crippen LogP contribution in [0.25, 0.3) is 0 Å². The molecule has 3 aliphatic rings. The van der Waals surface area contributed by atoms with Gasteiger partial charge in [-0.1, -0.05) is 0 Å². The number of nitrogens with one attached hydrogen (secondary N) is 2. The molecule has 0 saturated carbocycles. The van der Waals surface area contributed by atoms with Crippen molar-refractivity contribution in [1.29, 1.82) is 0 Å². The van der Waals surface area contributed by atoms with Crippen molar-refractivity contribution in [2.45, 2.75) is 33.1 Å². The Morgan fingerprint density at radius 1 is 0.643 bits per heavy atom. The number of nitrogens with zero attached hydrogens (tertiary/aromatic N) is 8. The second-order valence-corrected chi connectivity index (χ2v) is 7.81. The summed E-state index contributed by atoms with van der Waals surface area (Å²) < 4.78 is 0. The molecule has 5 heterocycles. The summed E-state index contributed by atoms with van der Waals surface area (Å²) in [7, 11) is 0. The van der Waals surface area contributed by atoms with E-state index in [-0.39, 0.29) is 0 Å². The highest BCUT2D eigenvalue weighted by molar-refractivity contribution is 6.42. The van der Waals surface area contributed by atoms with E-state index in [0.717, 1.165) is 11.6 Å². The summed E-state index contributed by atoms with van der Waals surface area (Å²) in [5, 5.41) is 0. The molecule has 0 aromatic carbocycles. The van der Waals surface area contributed by atoms with Crippen molar-refractivity contribution in [2.75, 3.05) is 0 Å². The van der Waals surface area contributed by atoms with Crippen molar-refractivity contribution in [3.63, 3.8) is 0 Å². The SMILES string of the molecule is CC1(C)C2=NC(=Nc3cnc([nH]3)C(C)(C)c3ncc([nH]3)/N=C3/C=NC1=N3)C=N2. The predicted molar refractivity (Wildman–Crippen MR) is 109 cm³/mol. The minimum Gasteiger partial charge on any atom is -0.326 e. The number of rotatable bonds is 0. The summed E-state index contributed by atoms with van der Waals surface area (Å²) in [4.78, 5) is 42.5. The average Bonchev–Trinajstić information content (AvgIpc) is 3.42. The van der Waals surface area contributed by atoms with Gasteiger partial charge >= 0.3 is 0 Å². The number of hydrogen-bond donors (Lipinski definition) is 2. The van der Waals surface area contributed by atoms with Gasteiger partial charge in [-0.25, -0.2) is 39.9 Å². The van der Waals surface area contributed by atoms with E-state index in [1.807, 2.05) is 27.7 Å². The highest BCUT2D eigenvalue weighted by Crippen LogP contribution is 2.31. The molecule has 0 spiro atoms. The molecular formula is C18H18N10. The molecule has 0 unspecified atom stereocenters. The van der Waals surface area contributed by atoms with E-state index in [4.69, 9.17) is 0 Å². The lowest BCUT2D eigenvalue weighted by Gasteiger charge is -2.20. The largest absolute Gasteiger partial charge is 0.326 e. The summed E-state index contributed by atoms with van der Waals surface area (Å²) in [5.74, 6) is 4.86. The monoisotopic (exact) mass is 374 g/mol. The fourth-order valence-corrected chi connectivity index (χ4v) is 3.11. The molecule has 140 valence electrons. The van der Waals surface area contributed by atoms with E-state index in [0.29, 0.717) is 35.0 Å². The molecule has 3 aliphatic heterocycles. The number of aliphatic imine (C=N–C) groups is 6. The van der Waals surface area contributed by atoms with Gasteiger partial charge in [-0.05, 0) is 27.7 Å². The molecule has 10 nitrogen and oxygen atoms in total. The first-order valence-electron chi connectivity index (χ1n) is 8.87. The Hall–Kier alpha value is -3.56. The predicted octanol–water partition coefficient (Wildman–Crippen LogP) is 2.52. The molecule has 2 aromatic rings. The van der Waals surface area contributed by atoms with E-state index in [2.05, 4.69) is 49.9 Å². The van der Waals surface area contributed by atoms with Crippen molar-refractivity contribution in [3.05, 3.63) is 24.0 Å². The van der Waals surface area contributed by atoms with Crippen molar-refractivity contribution in [2.24, 2.45) is 35.4 Å². The number of aromatic nitrogens is 4. The van der Waals surface area contributed by atoms with Crippen LogP contribution in [0.1, 0.15) is 39.3 Å². The van der Waals surface area contributed by atoms with Gasteiger partial charge in [-0.2, -0.15) is 0 Å². The fraction of sp³-hybridized carbons (Fsp3) is 0.333. The minimum absolute atomic E-state index is 0.494. The maximum absolute atomic E-state index is 4.55. The van der Waals surface area contributed by atoms with Crippen LogP contribution in [-0.2, 0) is 5.41 Å². The van der Waals surface area contributed by atoms with Crippen molar-refractivity contribution in [3.8, 4) is 0 Å². The lowest BCUT2D eigenvalue weighted by Crippen LogP contribution is -2.30. The second kappa shape index (κ2) is 5.47. The van der Waals surface area contributed by atoms with Crippen LogP contribution in [-0.4, -0.2) is 55.7 Å². The molecule has 0 amide bonds. The van der Waals surface area contributed by atoms with Crippen LogP contribution >= 0.6 is 0 Å². The first-order chi connectivity index (χ1) is 13.3. The Bertz CT molecular complexity index is 1070. The molecule has 8 bridgehead atoms. The van der Waals surface area contributed by atoms with Gasteiger partial charge in [0.2, 0.25) is 0 Å². The molecule has 0 aliphatic carbocycles. The van der Waals surface area contributed by atoms with Gasteiger partial charge in [0.1, 0.15) is 23.3 Å². The highest BCUT2D eigenvalue weighted by atomic mass is 15.2. The normalized spacial score (nSPS) is 23.1. The molecule has 2 N–H and O–H groups in total. The van der Waals surface area contributed by atoms with Crippen LogP contribution in [0.5, 0.6) is 0 Å². The minimum atomic E-state index is -0.584. The van der Waals surface area contributed by atoms with Crippen LogP contribution in [0.3, 0.4) is 0 Å². The van der Waals surface area contributed by atoms with Crippen molar-refractivity contribution >= 4 is 47.4 Å². The van der Waals surface area contributed by atoms with E-state index in [1.165, 1.54) is 0 Å². The third-order valence-corrected chi connectivity index (χ3v) is 4.94. The Morgan fingerprint density at radius 2 is 1.11 bits per heavy atom. The molecule has 28 heavy (non-hydrogen) atoms. The summed E-state index contributed by atoms with van der Waals surface area (Å²) in [6.45, 7) is 7.98. The number of H-pyrrole nitrogens is 2. The molecule has 0 fully saturated rings. The zero-order valence-electron chi connectivity index (χ0n) is 15.9. The maximum Gasteiger partial charge on any atom is 0.174 e. The van der Waals surface area contributed by atoms with Crippen LogP contribution in [0.15, 0.2) is 42.3 Å². The van der Waals surface area contributed by atoms with E-state index >= 15 is 0 Å². The van der Waals surface area contributed by atoms with Gasteiger partial charge in [0.05, 0.1) is 35.7 Å². The number of fused-ring (bicyclic) bond motifs is 6. The topological polar surface area (TPSA) is 132 Å². The molecule has 0 radical (unpaired) electrons. The van der Waals surface area contributed by atoms with Crippen LogP contribution in [0.2, 0.25) is 0 Å². The Kier molecular flexibility index (Phi) is 3.25. The van der Waals surface area contributed by atoms with Gasteiger partial charge in [-0.3, -0.25) is 0 Å². The fourth-order valence-electron chi connectivity index (χ4n) is 3.11. The number of imidazole rings is 2. The summed E-state index contributed by atoms with van der Waals surface area (Å²) in [5.41, 5.74) is -1.08. The molecule has 0 atom stereocenters. The lowest BCUT2D eigenvalue weighted by atomic mass is 9.90. The van der Waals surface area contributed by atoms with Crippen LogP contribution < -0.4 is 0 Å². The smallest absolute Gasteiger partial charge is 0.174 e. The molecular weight excluding hydrogens is 356 g/mol. The van der Waals surface area contributed by atoms with Gasteiger partial charge in [0, 0.05) is 0 Å². The Morgan fingerprint density at radius 3 is 1.57 bits per heavy atom. The van der Waals surface area contributed by atoms with Gasteiger partial charge in [0.15, 0.2) is 23.3 Å². The molecule has 10 heteroatoms. The summed E-state index contributed by atoms with van der Waals surface area (Å²) >= 11 is 0. The average molecular weight is 374 g/mol. The van der Waals surface area contributed by atoms with Gasteiger partial charge in [-0.15, -0.1) is 0 Å². The van der Waals surface area contributed by atoms with Crippen molar-refractivity contribution in [1.82, 2.24) is 19.9 Å². The Balaban J connectivity index is 1.70. The van der Waals surface area contributed by atoms with E-state index < -0.39 is 10.8 Å². The zero-order chi connectivity index (χ0) is 19.5.